The Labute approximate surface area is 162 Å². The Bertz CT molecular complexity index is 562. The fourth-order valence-electron chi connectivity index (χ4n) is 2.66. The monoisotopic (exact) mass is 381 g/mol. The highest BCUT2D eigenvalue weighted by Gasteiger charge is 2.31. The third-order valence-electron chi connectivity index (χ3n) is 5.12. The number of nitrogens with one attached hydrogen (secondary N) is 3. The Kier molecular flexibility index (Phi) is 7.42. The average Bonchev–Trinajstić information content (AvgIpc) is 3.43. The molecule has 27 heavy (non-hydrogen) atoms. The molecule has 0 radical (unpaired) electrons. The van der Waals surface area contributed by atoms with Crippen molar-refractivity contribution in [3.8, 4) is 0 Å². The van der Waals surface area contributed by atoms with Crippen molar-refractivity contribution in [1.29, 1.82) is 5.41 Å². The molecule has 7 nitrogen and oxygen atoms in total. The molecule has 0 aromatic heterocycles. The first-order valence-electron chi connectivity index (χ1n) is 9.89. The summed E-state index contributed by atoms with van der Waals surface area (Å²) < 4.78 is 11.3. The zero-order valence-electron chi connectivity index (χ0n) is 17.1. The van der Waals surface area contributed by atoms with Crippen molar-refractivity contribution in [1.82, 2.24) is 10.6 Å². The summed E-state index contributed by atoms with van der Waals surface area (Å²) in [6, 6.07) is 0. The van der Waals surface area contributed by atoms with E-state index in [0.29, 0.717) is 19.1 Å². The fourth-order valence-corrected chi connectivity index (χ4v) is 2.66. The molecule has 0 aromatic carbocycles. The summed E-state index contributed by atoms with van der Waals surface area (Å²) in [4.78, 5) is 12.4. The maximum Gasteiger partial charge on any atom is 0.246 e. The first-order valence-corrected chi connectivity index (χ1v) is 9.89. The Balaban J connectivity index is 1.82. The molecule has 154 valence electrons. The Morgan fingerprint density at radius 3 is 2.56 bits per heavy atom. The molecule has 1 aliphatic heterocycles. The molecule has 1 amide bonds. The van der Waals surface area contributed by atoms with Gasteiger partial charge in [0, 0.05) is 23.8 Å². The molecule has 1 heterocycles. The van der Waals surface area contributed by atoms with Crippen LogP contribution in [-0.2, 0) is 14.3 Å². The van der Waals surface area contributed by atoms with E-state index in [1.54, 1.807) is 13.8 Å². The number of rotatable bonds is 10. The normalized spacial score (nSPS) is 21.8. The van der Waals surface area contributed by atoms with E-state index in [1.807, 2.05) is 13.8 Å². The SMILES string of the molecule is CC(C)(COC1CCCCO1)C(=N)/C=C(\O)NC(=O)C(C)(C)NCC1CC1. The van der Waals surface area contributed by atoms with Crippen molar-refractivity contribution in [2.45, 2.75) is 71.6 Å². The summed E-state index contributed by atoms with van der Waals surface area (Å²) in [6.45, 7) is 9.11. The average molecular weight is 382 g/mol. The van der Waals surface area contributed by atoms with Gasteiger partial charge in [0.25, 0.3) is 0 Å². The van der Waals surface area contributed by atoms with Crippen LogP contribution in [0.3, 0.4) is 0 Å². The lowest BCUT2D eigenvalue weighted by molar-refractivity contribution is -0.171. The maximum absolute atomic E-state index is 12.4. The van der Waals surface area contributed by atoms with E-state index in [4.69, 9.17) is 14.9 Å². The zero-order valence-corrected chi connectivity index (χ0v) is 17.1. The quantitative estimate of drug-likeness (QED) is 0.344. The number of hydrogen-bond acceptors (Lipinski definition) is 6. The molecule has 1 saturated heterocycles. The van der Waals surface area contributed by atoms with Gasteiger partial charge in [0.1, 0.15) is 0 Å². The van der Waals surface area contributed by atoms with Crippen LogP contribution in [0.15, 0.2) is 12.0 Å². The second-order valence-corrected chi connectivity index (χ2v) is 8.84. The molecule has 2 rings (SSSR count). The van der Waals surface area contributed by atoms with Crippen LogP contribution < -0.4 is 10.6 Å². The van der Waals surface area contributed by atoms with E-state index >= 15 is 0 Å². The molecule has 1 atom stereocenters. The highest BCUT2D eigenvalue weighted by atomic mass is 16.7. The second-order valence-electron chi connectivity index (χ2n) is 8.84. The fraction of sp³-hybridized carbons (Fsp3) is 0.800. The lowest BCUT2D eigenvalue weighted by Crippen LogP contribution is -2.53. The molecular formula is C20H35N3O4. The highest BCUT2D eigenvalue weighted by Crippen LogP contribution is 2.28. The van der Waals surface area contributed by atoms with Gasteiger partial charge in [0.05, 0.1) is 12.1 Å². The number of carbonyl (C=O) groups excluding carboxylic acids is 1. The van der Waals surface area contributed by atoms with Gasteiger partial charge in [0.2, 0.25) is 5.91 Å². The molecule has 0 bridgehead atoms. The van der Waals surface area contributed by atoms with E-state index < -0.39 is 11.0 Å². The first-order chi connectivity index (χ1) is 12.6. The lowest BCUT2D eigenvalue weighted by Gasteiger charge is -2.29. The number of allylic oxidation sites excluding steroid dienone is 1. The third-order valence-corrected chi connectivity index (χ3v) is 5.12. The van der Waals surface area contributed by atoms with Crippen LogP contribution in [0.25, 0.3) is 0 Å². The molecule has 7 heteroatoms. The van der Waals surface area contributed by atoms with Crippen molar-refractivity contribution in [3.05, 3.63) is 12.0 Å². The number of carbonyl (C=O) groups is 1. The van der Waals surface area contributed by atoms with Crippen molar-refractivity contribution >= 4 is 11.6 Å². The molecule has 4 N–H and O–H groups in total. The topological polar surface area (TPSA) is 104 Å². The van der Waals surface area contributed by atoms with E-state index in [2.05, 4.69) is 10.6 Å². The maximum atomic E-state index is 12.4. The lowest BCUT2D eigenvalue weighted by atomic mass is 9.88. The molecule has 1 saturated carbocycles. The van der Waals surface area contributed by atoms with E-state index in [-0.39, 0.29) is 23.8 Å². The number of aliphatic hydroxyl groups excluding tert-OH is 1. The summed E-state index contributed by atoms with van der Waals surface area (Å²) in [5, 5.41) is 24.1. The van der Waals surface area contributed by atoms with Crippen molar-refractivity contribution in [3.63, 3.8) is 0 Å². The molecule has 0 spiro atoms. The second kappa shape index (κ2) is 9.17. The molecule has 1 unspecified atom stereocenters. The van der Waals surface area contributed by atoms with Crippen LogP contribution in [0, 0.1) is 16.7 Å². The van der Waals surface area contributed by atoms with Gasteiger partial charge >= 0.3 is 0 Å². The van der Waals surface area contributed by atoms with Gasteiger partial charge in [0.15, 0.2) is 12.2 Å². The predicted octanol–water partition coefficient (Wildman–Crippen LogP) is 2.87. The number of hydrogen-bond donors (Lipinski definition) is 4. The van der Waals surface area contributed by atoms with Gasteiger partial charge in [-0.05, 0) is 58.4 Å². The zero-order chi connectivity index (χ0) is 20.1. The van der Waals surface area contributed by atoms with E-state index in [9.17, 15) is 9.90 Å². The summed E-state index contributed by atoms with van der Waals surface area (Å²) in [5.41, 5.74) is -1.22. The van der Waals surface area contributed by atoms with Gasteiger partial charge in [-0.25, -0.2) is 0 Å². The van der Waals surface area contributed by atoms with Crippen LogP contribution in [0.4, 0.5) is 0 Å². The summed E-state index contributed by atoms with van der Waals surface area (Å²) >= 11 is 0. The Morgan fingerprint density at radius 2 is 1.96 bits per heavy atom. The largest absolute Gasteiger partial charge is 0.494 e. The van der Waals surface area contributed by atoms with Crippen LogP contribution in [0.5, 0.6) is 0 Å². The van der Waals surface area contributed by atoms with Gasteiger partial charge in [-0.1, -0.05) is 13.8 Å². The van der Waals surface area contributed by atoms with Gasteiger partial charge in [-0.2, -0.15) is 0 Å². The number of aliphatic hydroxyl groups is 1. The summed E-state index contributed by atoms with van der Waals surface area (Å²) in [7, 11) is 0. The summed E-state index contributed by atoms with van der Waals surface area (Å²) in [6.07, 6.45) is 6.47. The molecular weight excluding hydrogens is 346 g/mol. The minimum Gasteiger partial charge on any atom is -0.494 e. The van der Waals surface area contributed by atoms with Crippen molar-refractivity contribution in [2.24, 2.45) is 11.3 Å². The van der Waals surface area contributed by atoms with Crippen LogP contribution in [0.1, 0.15) is 59.8 Å². The molecule has 2 fully saturated rings. The minimum atomic E-state index is -0.788. The predicted molar refractivity (Wildman–Crippen MR) is 105 cm³/mol. The minimum absolute atomic E-state index is 0.180. The smallest absolute Gasteiger partial charge is 0.246 e. The van der Waals surface area contributed by atoms with Crippen LogP contribution in [-0.4, -0.2) is 48.3 Å². The van der Waals surface area contributed by atoms with E-state index in [1.165, 1.54) is 18.9 Å². The number of ether oxygens (including phenoxy) is 2. The van der Waals surface area contributed by atoms with E-state index in [0.717, 1.165) is 25.8 Å². The van der Waals surface area contributed by atoms with Crippen LogP contribution >= 0.6 is 0 Å². The third kappa shape index (κ3) is 7.24. The van der Waals surface area contributed by atoms with Crippen molar-refractivity contribution < 1.29 is 19.4 Å². The molecule has 1 aliphatic carbocycles. The molecule has 0 aromatic rings. The van der Waals surface area contributed by atoms with Crippen LogP contribution in [0.2, 0.25) is 0 Å². The number of amides is 1. The van der Waals surface area contributed by atoms with Gasteiger partial charge in [-0.15, -0.1) is 0 Å². The summed E-state index contributed by atoms with van der Waals surface area (Å²) in [5.74, 6) is 0.00554. The first kappa shape index (κ1) is 21.9. The Hall–Kier alpha value is -1.44. The van der Waals surface area contributed by atoms with Crippen molar-refractivity contribution in [2.75, 3.05) is 19.8 Å². The van der Waals surface area contributed by atoms with Gasteiger partial charge < -0.3 is 25.3 Å². The van der Waals surface area contributed by atoms with Gasteiger partial charge in [-0.3, -0.25) is 10.1 Å². The molecule has 2 aliphatic rings. The highest BCUT2D eigenvalue weighted by molar-refractivity contribution is 5.98. The Morgan fingerprint density at radius 1 is 1.26 bits per heavy atom. The standard InChI is InChI=1S/C20H35N3O4/c1-19(2,13-27-17-7-5-6-10-26-17)15(21)11-16(24)23-18(25)20(3,4)22-12-14-8-9-14/h11,14,17,21-22,24H,5-10,12-13H2,1-4H3,(H,23,25)/b16-11-,21-15?.